The van der Waals surface area contributed by atoms with E-state index in [1.165, 1.54) is 12.1 Å². The first-order chi connectivity index (χ1) is 8.04. The fourth-order valence-electron chi connectivity index (χ4n) is 1.36. The van der Waals surface area contributed by atoms with E-state index in [2.05, 4.69) is 21.2 Å². The molecule has 94 valence electrons. The highest BCUT2D eigenvalue weighted by Crippen LogP contribution is 2.26. The Kier molecular flexibility index (Phi) is 5.37. The van der Waals surface area contributed by atoms with Crippen LogP contribution in [0.5, 0.6) is 0 Å². The highest BCUT2D eigenvalue weighted by Gasteiger charge is 2.09. The molecule has 0 bridgehead atoms. The van der Waals surface area contributed by atoms with Gasteiger partial charge in [-0.05, 0) is 35.8 Å². The van der Waals surface area contributed by atoms with Gasteiger partial charge in [0.25, 0.3) is 5.69 Å². The number of rotatable bonds is 6. The average Bonchev–Trinajstić information content (AvgIpc) is 2.27. The van der Waals surface area contributed by atoms with Gasteiger partial charge < -0.3 is 10.1 Å². The number of benzene rings is 1. The molecular formula is C11H15BrN2O3. The highest BCUT2D eigenvalue weighted by molar-refractivity contribution is 9.10. The van der Waals surface area contributed by atoms with E-state index in [4.69, 9.17) is 4.74 Å². The fourth-order valence-corrected chi connectivity index (χ4v) is 1.86. The van der Waals surface area contributed by atoms with Crippen LogP contribution in [0.4, 0.5) is 11.4 Å². The van der Waals surface area contributed by atoms with Crippen LogP contribution in [0.2, 0.25) is 0 Å². The molecule has 1 aromatic rings. The number of nitrogens with one attached hydrogen (secondary N) is 1. The Hall–Kier alpha value is -1.14. The van der Waals surface area contributed by atoms with Crippen molar-refractivity contribution >= 4 is 27.3 Å². The van der Waals surface area contributed by atoms with Crippen molar-refractivity contribution in [1.29, 1.82) is 0 Å². The number of halogens is 1. The van der Waals surface area contributed by atoms with Crippen LogP contribution in [0.15, 0.2) is 22.7 Å². The van der Waals surface area contributed by atoms with E-state index in [0.29, 0.717) is 17.6 Å². The van der Waals surface area contributed by atoms with Gasteiger partial charge in [0.15, 0.2) is 0 Å². The molecule has 1 rings (SSSR count). The molecule has 1 unspecified atom stereocenters. The first-order valence-corrected chi connectivity index (χ1v) is 6.13. The largest absolute Gasteiger partial charge is 0.382 e. The normalized spacial score (nSPS) is 12.2. The molecule has 0 saturated heterocycles. The van der Waals surface area contributed by atoms with Gasteiger partial charge in [0.1, 0.15) is 0 Å². The van der Waals surface area contributed by atoms with Crippen LogP contribution < -0.4 is 5.32 Å². The number of non-ortho nitro benzene ring substituents is 1. The molecule has 0 aliphatic rings. The summed E-state index contributed by atoms with van der Waals surface area (Å²) >= 11 is 3.30. The minimum Gasteiger partial charge on any atom is -0.382 e. The molecule has 0 aromatic heterocycles. The van der Waals surface area contributed by atoms with Gasteiger partial charge in [0.05, 0.1) is 11.0 Å². The monoisotopic (exact) mass is 302 g/mol. The van der Waals surface area contributed by atoms with E-state index < -0.39 is 4.92 Å². The molecule has 0 fully saturated rings. The number of anilines is 1. The number of ether oxygens (including phenoxy) is 1. The summed E-state index contributed by atoms with van der Waals surface area (Å²) in [7, 11) is 0. The molecule has 1 N–H and O–H groups in total. The Bertz CT molecular complexity index is 398. The Morgan fingerprint density at radius 2 is 2.29 bits per heavy atom. The summed E-state index contributed by atoms with van der Waals surface area (Å²) in [5, 5.41) is 13.7. The van der Waals surface area contributed by atoms with E-state index >= 15 is 0 Å². The van der Waals surface area contributed by atoms with Gasteiger partial charge in [0, 0.05) is 35.4 Å². The third kappa shape index (κ3) is 4.32. The Morgan fingerprint density at radius 1 is 1.59 bits per heavy atom. The zero-order valence-corrected chi connectivity index (χ0v) is 11.4. The van der Waals surface area contributed by atoms with Gasteiger partial charge in [-0.1, -0.05) is 0 Å². The van der Waals surface area contributed by atoms with E-state index in [-0.39, 0.29) is 11.8 Å². The highest BCUT2D eigenvalue weighted by atomic mass is 79.9. The third-order valence-corrected chi connectivity index (χ3v) is 2.85. The lowest BCUT2D eigenvalue weighted by atomic mass is 10.2. The van der Waals surface area contributed by atoms with Crippen molar-refractivity contribution < 1.29 is 9.66 Å². The Balaban J connectivity index is 2.63. The smallest absolute Gasteiger partial charge is 0.270 e. The minimum atomic E-state index is -0.419. The zero-order chi connectivity index (χ0) is 12.8. The summed E-state index contributed by atoms with van der Waals surface area (Å²) < 4.78 is 6.06. The molecule has 0 saturated carbocycles. The second kappa shape index (κ2) is 6.56. The maximum Gasteiger partial charge on any atom is 0.270 e. The van der Waals surface area contributed by atoms with Crippen molar-refractivity contribution in [3.63, 3.8) is 0 Å². The third-order valence-electron chi connectivity index (χ3n) is 2.19. The second-order valence-electron chi connectivity index (χ2n) is 3.57. The van der Waals surface area contributed by atoms with Crippen LogP contribution in [0.1, 0.15) is 13.8 Å². The number of nitro groups is 1. The topological polar surface area (TPSA) is 64.4 Å². The number of nitrogens with zero attached hydrogens (tertiary/aromatic N) is 1. The van der Waals surface area contributed by atoms with Crippen molar-refractivity contribution in [2.45, 2.75) is 20.0 Å². The molecule has 0 radical (unpaired) electrons. The minimum absolute atomic E-state index is 0.0697. The molecular weight excluding hydrogens is 288 g/mol. The Morgan fingerprint density at radius 3 is 2.82 bits per heavy atom. The van der Waals surface area contributed by atoms with E-state index in [1.54, 1.807) is 6.07 Å². The summed E-state index contributed by atoms with van der Waals surface area (Å²) in [6.45, 7) is 5.24. The van der Waals surface area contributed by atoms with Crippen LogP contribution in [-0.2, 0) is 4.74 Å². The van der Waals surface area contributed by atoms with E-state index in [0.717, 1.165) is 5.69 Å². The lowest BCUT2D eigenvalue weighted by Crippen LogP contribution is -2.19. The lowest BCUT2D eigenvalue weighted by Gasteiger charge is -2.14. The van der Waals surface area contributed by atoms with E-state index in [9.17, 15) is 10.1 Å². The summed E-state index contributed by atoms with van der Waals surface area (Å²) in [5.74, 6) is 0. The summed E-state index contributed by atoms with van der Waals surface area (Å²) in [6, 6.07) is 4.63. The van der Waals surface area contributed by atoms with Gasteiger partial charge in [-0.15, -0.1) is 0 Å². The molecule has 5 nitrogen and oxygen atoms in total. The first kappa shape index (κ1) is 13.9. The standard InChI is InChI=1S/C11H15BrN2O3/c1-3-17-8(2)7-13-11-5-4-9(14(15)16)6-10(11)12/h4-6,8,13H,3,7H2,1-2H3. The van der Waals surface area contributed by atoms with Gasteiger partial charge >= 0.3 is 0 Å². The van der Waals surface area contributed by atoms with Gasteiger partial charge in [-0.2, -0.15) is 0 Å². The van der Waals surface area contributed by atoms with Crippen molar-refractivity contribution in [2.24, 2.45) is 0 Å². The molecule has 0 aliphatic heterocycles. The number of nitro benzene ring substituents is 1. The molecule has 1 aromatic carbocycles. The predicted octanol–water partition coefficient (Wildman–Crippen LogP) is 3.19. The molecule has 0 heterocycles. The molecule has 0 spiro atoms. The lowest BCUT2D eigenvalue weighted by molar-refractivity contribution is -0.384. The van der Waals surface area contributed by atoms with Crippen molar-refractivity contribution in [1.82, 2.24) is 0 Å². The molecule has 6 heteroatoms. The van der Waals surface area contributed by atoms with E-state index in [1.807, 2.05) is 13.8 Å². The SMILES string of the molecule is CCOC(C)CNc1ccc([N+](=O)[O-])cc1Br. The predicted molar refractivity (Wildman–Crippen MR) is 70.4 cm³/mol. The Labute approximate surface area is 108 Å². The fraction of sp³-hybridized carbons (Fsp3) is 0.455. The number of hydrogen-bond donors (Lipinski definition) is 1. The van der Waals surface area contributed by atoms with Crippen LogP contribution in [-0.4, -0.2) is 24.2 Å². The van der Waals surface area contributed by atoms with Crippen molar-refractivity contribution in [3.05, 3.63) is 32.8 Å². The second-order valence-corrected chi connectivity index (χ2v) is 4.42. The van der Waals surface area contributed by atoms with Gasteiger partial charge in [-0.25, -0.2) is 0 Å². The van der Waals surface area contributed by atoms with Crippen molar-refractivity contribution in [3.8, 4) is 0 Å². The molecule has 0 aliphatic carbocycles. The summed E-state index contributed by atoms with van der Waals surface area (Å²) in [5.41, 5.74) is 0.891. The number of hydrogen-bond acceptors (Lipinski definition) is 4. The van der Waals surface area contributed by atoms with Crippen LogP contribution in [0, 0.1) is 10.1 Å². The summed E-state index contributed by atoms with van der Waals surface area (Å²) in [6.07, 6.45) is 0.0992. The van der Waals surface area contributed by atoms with Crippen LogP contribution in [0.25, 0.3) is 0 Å². The molecule has 17 heavy (non-hydrogen) atoms. The van der Waals surface area contributed by atoms with Gasteiger partial charge in [0.2, 0.25) is 0 Å². The van der Waals surface area contributed by atoms with Gasteiger partial charge in [-0.3, -0.25) is 10.1 Å². The van der Waals surface area contributed by atoms with Crippen LogP contribution >= 0.6 is 15.9 Å². The summed E-state index contributed by atoms with van der Waals surface area (Å²) in [4.78, 5) is 10.1. The molecule has 1 atom stereocenters. The van der Waals surface area contributed by atoms with Crippen LogP contribution in [0.3, 0.4) is 0 Å². The maximum atomic E-state index is 10.6. The first-order valence-electron chi connectivity index (χ1n) is 5.34. The average molecular weight is 303 g/mol. The molecule has 0 amide bonds. The maximum absolute atomic E-state index is 10.6. The quantitative estimate of drug-likeness (QED) is 0.647. The zero-order valence-electron chi connectivity index (χ0n) is 9.77. The van der Waals surface area contributed by atoms with Crippen molar-refractivity contribution in [2.75, 3.05) is 18.5 Å².